The molecule has 2 aliphatic heterocycles. The molecule has 1 aromatic rings. The van der Waals surface area contributed by atoms with Gasteiger partial charge in [0.1, 0.15) is 0 Å². The van der Waals surface area contributed by atoms with Crippen molar-refractivity contribution in [2.45, 2.75) is 12.8 Å². The Morgan fingerprint density at radius 2 is 1.64 bits per heavy atom. The topological polar surface area (TPSA) is 24.9 Å². The van der Waals surface area contributed by atoms with Gasteiger partial charge in [-0.15, -0.1) is 0 Å². The highest BCUT2D eigenvalue weighted by Crippen LogP contribution is 2.28. The van der Waals surface area contributed by atoms with E-state index in [0.717, 1.165) is 59.0 Å². The second kappa shape index (κ2) is 8.29. The van der Waals surface area contributed by atoms with E-state index in [4.69, 9.17) is 9.47 Å². The molecule has 1 aromatic carbocycles. The van der Waals surface area contributed by atoms with Crippen LogP contribution in [0.15, 0.2) is 22.7 Å². The van der Waals surface area contributed by atoms with Gasteiger partial charge in [0.25, 0.3) is 0 Å². The molecule has 2 aliphatic rings. The minimum Gasteiger partial charge on any atom is -0.379 e. The molecule has 0 amide bonds. The predicted molar refractivity (Wildman–Crippen MR) is 92.8 cm³/mol. The summed E-state index contributed by atoms with van der Waals surface area (Å²) in [7, 11) is 0. The second-order valence-corrected chi connectivity index (χ2v) is 6.80. The Bertz CT molecular complexity index is 472. The number of hydrogen-bond acceptors (Lipinski definition) is 4. The highest BCUT2D eigenvalue weighted by molar-refractivity contribution is 9.10. The SMILES string of the molecule is Brc1cc(CCCN2CCOCC2)ccc1N1CCOCC1. The fourth-order valence-corrected chi connectivity index (χ4v) is 3.78. The van der Waals surface area contributed by atoms with Crippen LogP contribution < -0.4 is 4.90 Å². The first-order valence-electron chi connectivity index (χ1n) is 8.24. The summed E-state index contributed by atoms with van der Waals surface area (Å²) >= 11 is 3.74. The molecule has 2 saturated heterocycles. The largest absolute Gasteiger partial charge is 0.379 e. The molecular formula is C17H25BrN2O2. The minimum absolute atomic E-state index is 0.827. The molecule has 5 heteroatoms. The number of morpholine rings is 2. The average molecular weight is 369 g/mol. The Kier molecular flexibility index (Phi) is 6.12. The van der Waals surface area contributed by atoms with Crippen molar-refractivity contribution in [2.24, 2.45) is 0 Å². The van der Waals surface area contributed by atoms with Crippen molar-refractivity contribution in [3.8, 4) is 0 Å². The molecule has 22 heavy (non-hydrogen) atoms. The summed E-state index contributed by atoms with van der Waals surface area (Å²) in [6, 6.07) is 6.80. The summed E-state index contributed by atoms with van der Waals surface area (Å²) in [6.45, 7) is 8.73. The van der Waals surface area contributed by atoms with Crippen molar-refractivity contribution >= 4 is 21.6 Å². The molecule has 0 aliphatic carbocycles. The number of nitrogens with zero attached hydrogens (tertiary/aromatic N) is 2. The fourth-order valence-electron chi connectivity index (χ4n) is 3.10. The van der Waals surface area contributed by atoms with Crippen molar-refractivity contribution in [1.29, 1.82) is 0 Å². The molecule has 0 aromatic heterocycles. The van der Waals surface area contributed by atoms with Crippen LogP contribution in [0.25, 0.3) is 0 Å². The highest BCUT2D eigenvalue weighted by atomic mass is 79.9. The Hall–Kier alpha value is -0.620. The first-order chi connectivity index (χ1) is 10.8. The standard InChI is InChI=1S/C17H25BrN2O2/c18-16-14-15(2-1-5-19-6-10-21-11-7-19)3-4-17(16)20-8-12-22-13-9-20/h3-4,14H,1-2,5-13H2. The van der Waals surface area contributed by atoms with Crippen LogP contribution in [0.4, 0.5) is 5.69 Å². The van der Waals surface area contributed by atoms with Crippen LogP contribution in [-0.2, 0) is 15.9 Å². The van der Waals surface area contributed by atoms with Gasteiger partial charge in [0.05, 0.1) is 32.1 Å². The summed E-state index contributed by atoms with van der Waals surface area (Å²) in [5.74, 6) is 0. The first-order valence-corrected chi connectivity index (χ1v) is 9.03. The number of halogens is 1. The van der Waals surface area contributed by atoms with E-state index in [1.807, 2.05) is 0 Å². The van der Waals surface area contributed by atoms with Crippen LogP contribution in [0.3, 0.4) is 0 Å². The molecule has 4 nitrogen and oxygen atoms in total. The van der Waals surface area contributed by atoms with Crippen molar-refractivity contribution in [2.75, 3.05) is 64.1 Å². The number of anilines is 1. The smallest absolute Gasteiger partial charge is 0.0642 e. The van der Waals surface area contributed by atoms with Crippen molar-refractivity contribution < 1.29 is 9.47 Å². The summed E-state index contributed by atoms with van der Waals surface area (Å²) < 4.78 is 12.0. The van der Waals surface area contributed by atoms with Gasteiger partial charge in [-0.05, 0) is 53.0 Å². The molecule has 0 saturated carbocycles. The van der Waals surface area contributed by atoms with E-state index in [-0.39, 0.29) is 0 Å². The molecule has 3 rings (SSSR count). The number of benzene rings is 1. The first kappa shape index (κ1) is 16.2. The van der Waals surface area contributed by atoms with Gasteiger partial charge in [0, 0.05) is 30.7 Å². The third-order valence-corrected chi connectivity index (χ3v) is 5.04. The van der Waals surface area contributed by atoms with Gasteiger partial charge >= 0.3 is 0 Å². The molecule has 0 unspecified atom stereocenters. The Balaban J connectivity index is 1.50. The van der Waals surface area contributed by atoms with Crippen LogP contribution in [0.5, 0.6) is 0 Å². The molecule has 2 fully saturated rings. The van der Waals surface area contributed by atoms with Crippen LogP contribution in [0.2, 0.25) is 0 Å². The summed E-state index contributed by atoms with van der Waals surface area (Å²) in [6.07, 6.45) is 2.35. The lowest BCUT2D eigenvalue weighted by atomic mass is 10.1. The monoisotopic (exact) mass is 368 g/mol. The van der Waals surface area contributed by atoms with Gasteiger partial charge in [-0.2, -0.15) is 0 Å². The van der Waals surface area contributed by atoms with Crippen LogP contribution in [0.1, 0.15) is 12.0 Å². The highest BCUT2D eigenvalue weighted by Gasteiger charge is 2.14. The quantitative estimate of drug-likeness (QED) is 0.797. The number of hydrogen-bond donors (Lipinski definition) is 0. The number of rotatable bonds is 5. The maximum atomic E-state index is 5.43. The van der Waals surface area contributed by atoms with Gasteiger partial charge in [-0.3, -0.25) is 4.90 Å². The minimum atomic E-state index is 0.827. The number of ether oxygens (including phenoxy) is 2. The average Bonchev–Trinajstić information content (AvgIpc) is 2.57. The Labute approximate surface area is 141 Å². The van der Waals surface area contributed by atoms with E-state index in [2.05, 4.69) is 43.9 Å². The molecule has 2 heterocycles. The van der Waals surface area contributed by atoms with Gasteiger partial charge in [0.2, 0.25) is 0 Å². The molecular weight excluding hydrogens is 344 g/mol. The molecule has 0 N–H and O–H groups in total. The van der Waals surface area contributed by atoms with E-state index >= 15 is 0 Å². The molecule has 0 radical (unpaired) electrons. The third kappa shape index (κ3) is 4.44. The second-order valence-electron chi connectivity index (χ2n) is 5.94. The lowest BCUT2D eigenvalue weighted by Crippen LogP contribution is -2.37. The van der Waals surface area contributed by atoms with E-state index < -0.39 is 0 Å². The van der Waals surface area contributed by atoms with Gasteiger partial charge < -0.3 is 14.4 Å². The normalized spacial score (nSPS) is 20.3. The fraction of sp³-hybridized carbons (Fsp3) is 0.647. The molecule has 122 valence electrons. The zero-order chi connectivity index (χ0) is 15.2. The zero-order valence-electron chi connectivity index (χ0n) is 13.1. The zero-order valence-corrected chi connectivity index (χ0v) is 14.7. The summed E-state index contributed by atoms with van der Waals surface area (Å²) in [5, 5.41) is 0. The van der Waals surface area contributed by atoms with Crippen LogP contribution >= 0.6 is 15.9 Å². The van der Waals surface area contributed by atoms with E-state index in [0.29, 0.717) is 0 Å². The molecule has 0 spiro atoms. The molecule has 0 atom stereocenters. The van der Waals surface area contributed by atoms with Crippen LogP contribution in [-0.4, -0.2) is 64.1 Å². The Morgan fingerprint density at radius 3 is 2.32 bits per heavy atom. The van der Waals surface area contributed by atoms with Crippen molar-refractivity contribution in [3.63, 3.8) is 0 Å². The maximum absolute atomic E-state index is 5.43. The third-order valence-electron chi connectivity index (χ3n) is 4.41. The Morgan fingerprint density at radius 1 is 0.955 bits per heavy atom. The summed E-state index contributed by atoms with van der Waals surface area (Å²) in [4.78, 5) is 4.89. The summed E-state index contributed by atoms with van der Waals surface area (Å²) in [5.41, 5.74) is 2.71. The lowest BCUT2D eigenvalue weighted by molar-refractivity contribution is 0.0375. The van der Waals surface area contributed by atoms with E-state index in [9.17, 15) is 0 Å². The van der Waals surface area contributed by atoms with Gasteiger partial charge in [-0.1, -0.05) is 6.07 Å². The van der Waals surface area contributed by atoms with Gasteiger partial charge in [-0.25, -0.2) is 0 Å². The van der Waals surface area contributed by atoms with Crippen molar-refractivity contribution in [1.82, 2.24) is 4.90 Å². The van der Waals surface area contributed by atoms with Gasteiger partial charge in [0.15, 0.2) is 0 Å². The van der Waals surface area contributed by atoms with E-state index in [1.165, 1.54) is 28.7 Å². The van der Waals surface area contributed by atoms with E-state index in [1.54, 1.807) is 0 Å². The maximum Gasteiger partial charge on any atom is 0.0642 e. The van der Waals surface area contributed by atoms with Crippen molar-refractivity contribution in [3.05, 3.63) is 28.2 Å². The molecule has 0 bridgehead atoms. The predicted octanol–water partition coefficient (Wildman–Crippen LogP) is 2.55. The van der Waals surface area contributed by atoms with Crippen LogP contribution in [0, 0.1) is 0 Å². The lowest BCUT2D eigenvalue weighted by Gasteiger charge is -2.30. The number of aryl methyl sites for hydroxylation is 1.